The Kier molecular flexibility index (Phi) is 2.34. The van der Waals surface area contributed by atoms with Crippen molar-refractivity contribution in [3.05, 3.63) is 0 Å². The molecule has 0 atom stereocenters. The summed E-state index contributed by atoms with van der Waals surface area (Å²) in [6.45, 7) is 10.1. The van der Waals surface area contributed by atoms with Crippen LogP contribution in [0.15, 0.2) is 5.10 Å². The average molecular weight is 198 g/mol. The van der Waals surface area contributed by atoms with Crippen LogP contribution in [-0.2, 0) is 4.74 Å². The van der Waals surface area contributed by atoms with Gasteiger partial charge in [-0.25, -0.2) is 4.79 Å². The summed E-state index contributed by atoms with van der Waals surface area (Å²) in [6.07, 6.45) is -0.403. The first-order valence-electron chi connectivity index (χ1n) is 4.69. The minimum atomic E-state index is -0.403. The summed E-state index contributed by atoms with van der Waals surface area (Å²) in [6, 6.07) is 0. The van der Waals surface area contributed by atoms with E-state index >= 15 is 0 Å². The first-order valence-corrected chi connectivity index (χ1v) is 4.69. The summed E-state index contributed by atoms with van der Waals surface area (Å²) in [5.74, 6) is 0. The highest BCUT2D eigenvalue weighted by Gasteiger charge is 2.51. The van der Waals surface area contributed by atoms with Gasteiger partial charge in [0.15, 0.2) is 0 Å². The van der Waals surface area contributed by atoms with Gasteiger partial charge in [-0.05, 0) is 20.8 Å². The van der Waals surface area contributed by atoms with Crippen LogP contribution in [0, 0.1) is 5.41 Å². The number of amides is 1. The molecular weight excluding hydrogens is 180 g/mol. The maximum atomic E-state index is 11.5. The van der Waals surface area contributed by atoms with Gasteiger partial charge in [0.1, 0.15) is 0 Å². The summed E-state index contributed by atoms with van der Waals surface area (Å²) < 4.78 is 4.69. The minimum Gasteiger partial charge on any atom is -0.451 e. The van der Waals surface area contributed by atoms with Crippen LogP contribution < -0.4 is 0 Å². The van der Waals surface area contributed by atoms with Crippen molar-refractivity contribution < 1.29 is 9.53 Å². The van der Waals surface area contributed by atoms with E-state index in [2.05, 4.69) is 18.9 Å². The number of rotatable bonds is 0. The predicted molar refractivity (Wildman–Crippen MR) is 55.2 cm³/mol. The van der Waals surface area contributed by atoms with Gasteiger partial charge in [0.25, 0.3) is 0 Å². The van der Waals surface area contributed by atoms with Gasteiger partial charge in [-0.1, -0.05) is 13.8 Å². The summed E-state index contributed by atoms with van der Waals surface area (Å²) in [7, 11) is 1.37. The molecule has 0 N–H and O–H groups in total. The average Bonchev–Trinajstić information content (AvgIpc) is 2.25. The second kappa shape index (κ2) is 2.97. The molecule has 4 nitrogen and oxygen atoms in total. The van der Waals surface area contributed by atoms with E-state index in [0.29, 0.717) is 0 Å². The number of hydrogen-bond donors (Lipinski definition) is 0. The molecule has 14 heavy (non-hydrogen) atoms. The molecule has 0 aliphatic carbocycles. The standard InChI is InChI=1S/C10H18N2O2/c1-7-9(2,3)10(4,5)12(11-7)8(13)14-6/h1-6H3. The van der Waals surface area contributed by atoms with E-state index < -0.39 is 6.09 Å². The van der Waals surface area contributed by atoms with Crippen LogP contribution in [-0.4, -0.2) is 29.5 Å². The fourth-order valence-corrected chi connectivity index (χ4v) is 1.46. The third-order valence-electron chi connectivity index (χ3n) is 3.56. The highest BCUT2D eigenvalue weighted by molar-refractivity contribution is 5.92. The van der Waals surface area contributed by atoms with Crippen molar-refractivity contribution in [1.82, 2.24) is 5.01 Å². The zero-order valence-electron chi connectivity index (χ0n) is 9.71. The van der Waals surface area contributed by atoms with Crippen molar-refractivity contribution in [2.75, 3.05) is 7.11 Å². The Bertz CT molecular complexity index is 292. The third kappa shape index (κ3) is 1.21. The lowest BCUT2D eigenvalue weighted by Crippen LogP contribution is -2.50. The predicted octanol–water partition coefficient (Wildman–Crippen LogP) is 2.25. The molecule has 0 aromatic carbocycles. The van der Waals surface area contributed by atoms with Crippen molar-refractivity contribution in [2.24, 2.45) is 10.5 Å². The number of nitrogens with zero attached hydrogens (tertiary/aromatic N) is 2. The van der Waals surface area contributed by atoms with Gasteiger partial charge in [0.05, 0.1) is 12.6 Å². The number of methoxy groups -OCH3 is 1. The van der Waals surface area contributed by atoms with Gasteiger partial charge in [0, 0.05) is 11.1 Å². The van der Waals surface area contributed by atoms with Crippen molar-refractivity contribution >= 4 is 11.8 Å². The number of ether oxygens (including phenoxy) is 1. The number of carbonyl (C=O) groups excluding carboxylic acids is 1. The molecule has 0 radical (unpaired) electrons. The molecule has 0 aromatic rings. The normalized spacial score (nSPS) is 23.3. The SMILES string of the molecule is COC(=O)N1N=C(C)C(C)(C)C1(C)C. The Morgan fingerprint density at radius 3 is 2.14 bits per heavy atom. The second-order valence-corrected chi connectivity index (χ2v) is 4.65. The molecular formula is C10H18N2O2. The van der Waals surface area contributed by atoms with Gasteiger partial charge < -0.3 is 4.74 Å². The smallest absolute Gasteiger partial charge is 0.430 e. The van der Waals surface area contributed by atoms with Crippen LogP contribution in [0.25, 0.3) is 0 Å². The Balaban J connectivity index is 3.10. The van der Waals surface area contributed by atoms with Crippen molar-refractivity contribution in [2.45, 2.75) is 40.2 Å². The highest BCUT2D eigenvalue weighted by Crippen LogP contribution is 2.42. The zero-order chi connectivity index (χ0) is 11.1. The summed E-state index contributed by atoms with van der Waals surface area (Å²) in [4.78, 5) is 11.5. The zero-order valence-corrected chi connectivity index (χ0v) is 9.71. The molecule has 4 heteroatoms. The largest absolute Gasteiger partial charge is 0.451 e. The van der Waals surface area contributed by atoms with Gasteiger partial charge in [0.2, 0.25) is 0 Å². The van der Waals surface area contributed by atoms with Gasteiger partial charge in [-0.3, -0.25) is 0 Å². The van der Waals surface area contributed by atoms with Crippen LogP contribution in [0.2, 0.25) is 0 Å². The number of hydrogen-bond acceptors (Lipinski definition) is 3. The Morgan fingerprint density at radius 2 is 1.86 bits per heavy atom. The fourth-order valence-electron chi connectivity index (χ4n) is 1.46. The topological polar surface area (TPSA) is 41.9 Å². The maximum Gasteiger partial charge on any atom is 0.430 e. The van der Waals surface area contributed by atoms with E-state index in [4.69, 9.17) is 4.74 Å². The van der Waals surface area contributed by atoms with Crippen LogP contribution in [0.1, 0.15) is 34.6 Å². The molecule has 0 aromatic heterocycles. The lowest BCUT2D eigenvalue weighted by atomic mass is 9.72. The first kappa shape index (κ1) is 11.0. The van der Waals surface area contributed by atoms with Gasteiger partial charge in [-0.2, -0.15) is 10.1 Å². The third-order valence-corrected chi connectivity index (χ3v) is 3.56. The van der Waals surface area contributed by atoms with Crippen LogP contribution in [0.3, 0.4) is 0 Å². The highest BCUT2D eigenvalue weighted by atomic mass is 16.5. The first-order chi connectivity index (χ1) is 6.25. The van der Waals surface area contributed by atoms with Crippen molar-refractivity contribution in [3.63, 3.8) is 0 Å². The molecule has 0 fully saturated rings. The minimum absolute atomic E-state index is 0.124. The Hall–Kier alpha value is -1.06. The summed E-state index contributed by atoms with van der Waals surface area (Å²) >= 11 is 0. The quantitative estimate of drug-likeness (QED) is 0.599. The molecule has 1 aliphatic rings. The number of hydrazone groups is 1. The van der Waals surface area contributed by atoms with Crippen LogP contribution in [0.5, 0.6) is 0 Å². The number of carbonyl (C=O) groups is 1. The van der Waals surface area contributed by atoms with Crippen LogP contribution in [0.4, 0.5) is 4.79 Å². The van der Waals surface area contributed by atoms with Crippen LogP contribution >= 0.6 is 0 Å². The molecule has 0 saturated carbocycles. The monoisotopic (exact) mass is 198 g/mol. The maximum absolute atomic E-state index is 11.5. The molecule has 0 spiro atoms. The Morgan fingerprint density at radius 1 is 1.36 bits per heavy atom. The van der Waals surface area contributed by atoms with E-state index in [1.807, 2.05) is 20.8 Å². The summed E-state index contributed by atoms with van der Waals surface area (Å²) in [5, 5.41) is 5.66. The van der Waals surface area contributed by atoms with E-state index in [9.17, 15) is 4.79 Å². The van der Waals surface area contributed by atoms with Gasteiger partial charge >= 0.3 is 6.09 Å². The van der Waals surface area contributed by atoms with Gasteiger partial charge in [-0.15, -0.1) is 0 Å². The summed E-state index contributed by atoms with van der Waals surface area (Å²) in [5.41, 5.74) is 0.485. The van der Waals surface area contributed by atoms with E-state index in [0.717, 1.165) is 5.71 Å². The second-order valence-electron chi connectivity index (χ2n) is 4.65. The molecule has 0 saturated heterocycles. The lowest BCUT2D eigenvalue weighted by molar-refractivity contribution is 0.0585. The van der Waals surface area contributed by atoms with E-state index in [-0.39, 0.29) is 11.0 Å². The molecule has 0 bridgehead atoms. The molecule has 80 valence electrons. The van der Waals surface area contributed by atoms with E-state index in [1.165, 1.54) is 12.1 Å². The van der Waals surface area contributed by atoms with Crippen molar-refractivity contribution in [3.8, 4) is 0 Å². The molecule has 0 unspecified atom stereocenters. The Labute approximate surface area is 84.9 Å². The molecule has 1 heterocycles. The lowest BCUT2D eigenvalue weighted by Gasteiger charge is -2.38. The molecule has 1 amide bonds. The van der Waals surface area contributed by atoms with E-state index in [1.54, 1.807) is 0 Å². The fraction of sp³-hybridized carbons (Fsp3) is 0.800. The molecule has 1 rings (SSSR count). The molecule has 1 aliphatic heterocycles. The van der Waals surface area contributed by atoms with Crippen molar-refractivity contribution in [1.29, 1.82) is 0 Å².